The molecule has 0 amide bonds. The zero-order valence-electron chi connectivity index (χ0n) is 13.6. The van der Waals surface area contributed by atoms with Gasteiger partial charge < -0.3 is 5.32 Å². The first-order valence-electron chi connectivity index (χ1n) is 7.49. The summed E-state index contributed by atoms with van der Waals surface area (Å²) in [4.78, 5) is 0.165. The van der Waals surface area contributed by atoms with E-state index in [1.165, 1.54) is 6.07 Å². The van der Waals surface area contributed by atoms with E-state index in [0.29, 0.717) is 17.8 Å². The Kier molecular flexibility index (Phi) is 6.38. The van der Waals surface area contributed by atoms with E-state index in [1.807, 2.05) is 13.0 Å². The summed E-state index contributed by atoms with van der Waals surface area (Å²) in [6.45, 7) is 11.9. The molecule has 120 valence electrons. The molecular weight excluding hydrogens is 284 g/mol. The standard InChI is InChI=1S/C16H28N2O2S/c1-11(2)16(12(3)4)10-18-13(5)14-7-6-8-15(9-14)21(17,19)20/h6-9,11-13,16,18H,10H2,1-5H3,(H2,17,19,20). The van der Waals surface area contributed by atoms with Gasteiger partial charge in [0.1, 0.15) is 0 Å². The highest BCUT2D eigenvalue weighted by molar-refractivity contribution is 7.89. The van der Waals surface area contributed by atoms with E-state index in [2.05, 4.69) is 33.0 Å². The number of primary sulfonamides is 1. The number of nitrogens with one attached hydrogen (secondary N) is 1. The summed E-state index contributed by atoms with van der Waals surface area (Å²) in [5.41, 5.74) is 0.938. The van der Waals surface area contributed by atoms with Gasteiger partial charge in [0.15, 0.2) is 0 Å². The zero-order chi connectivity index (χ0) is 16.2. The van der Waals surface area contributed by atoms with Crippen LogP contribution in [0.5, 0.6) is 0 Å². The molecule has 0 heterocycles. The van der Waals surface area contributed by atoms with Crippen molar-refractivity contribution in [1.82, 2.24) is 5.32 Å². The van der Waals surface area contributed by atoms with Crippen LogP contribution in [0.15, 0.2) is 29.2 Å². The average Bonchev–Trinajstić information content (AvgIpc) is 2.37. The molecule has 0 saturated heterocycles. The SMILES string of the molecule is CC(NCC(C(C)C)C(C)C)c1cccc(S(N)(=O)=O)c1. The van der Waals surface area contributed by atoms with Crippen molar-refractivity contribution in [3.8, 4) is 0 Å². The van der Waals surface area contributed by atoms with Crippen molar-refractivity contribution in [2.75, 3.05) is 6.54 Å². The van der Waals surface area contributed by atoms with Gasteiger partial charge in [0, 0.05) is 6.04 Å². The van der Waals surface area contributed by atoms with E-state index >= 15 is 0 Å². The Bertz CT molecular complexity index is 545. The lowest BCUT2D eigenvalue weighted by molar-refractivity contribution is 0.268. The van der Waals surface area contributed by atoms with Gasteiger partial charge in [0.25, 0.3) is 0 Å². The van der Waals surface area contributed by atoms with Gasteiger partial charge in [0.2, 0.25) is 10.0 Å². The van der Waals surface area contributed by atoms with Crippen molar-refractivity contribution in [2.45, 2.75) is 45.6 Å². The third kappa shape index (κ3) is 5.41. The topological polar surface area (TPSA) is 72.2 Å². The minimum atomic E-state index is -3.64. The smallest absolute Gasteiger partial charge is 0.238 e. The Morgan fingerprint density at radius 1 is 1.10 bits per heavy atom. The molecule has 0 bridgehead atoms. The van der Waals surface area contributed by atoms with E-state index in [9.17, 15) is 8.42 Å². The van der Waals surface area contributed by atoms with Gasteiger partial charge in [-0.15, -0.1) is 0 Å². The highest BCUT2D eigenvalue weighted by Crippen LogP contribution is 2.22. The monoisotopic (exact) mass is 312 g/mol. The second-order valence-corrected chi connectivity index (χ2v) is 7.96. The Balaban J connectivity index is 2.78. The molecule has 0 saturated carbocycles. The molecule has 0 aliphatic heterocycles. The molecule has 1 aromatic rings. The fourth-order valence-corrected chi connectivity index (χ4v) is 3.20. The highest BCUT2D eigenvalue weighted by atomic mass is 32.2. The molecule has 1 aromatic carbocycles. The molecule has 5 heteroatoms. The number of nitrogens with two attached hydrogens (primary N) is 1. The van der Waals surface area contributed by atoms with Crippen LogP contribution < -0.4 is 10.5 Å². The second kappa shape index (κ2) is 7.38. The summed E-state index contributed by atoms with van der Waals surface area (Å²) in [5.74, 6) is 1.81. The van der Waals surface area contributed by atoms with Crippen molar-refractivity contribution in [3.63, 3.8) is 0 Å². The fraction of sp³-hybridized carbons (Fsp3) is 0.625. The molecule has 1 unspecified atom stereocenters. The van der Waals surface area contributed by atoms with Gasteiger partial charge in [-0.25, -0.2) is 13.6 Å². The summed E-state index contributed by atoms with van der Waals surface area (Å²) in [7, 11) is -3.64. The first kappa shape index (κ1) is 18.1. The normalized spacial score (nSPS) is 14.1. The minimum Gasteiger partial charge on any atom is -0.310 e. The maximum Gasteiger partial charge on any atom is 0.238 e. The van der Waals surface area contributed by atoms with Crippen LogP contribution in [0.25, 0.3) is 0 Å². The second-order valence-electron chi connectivity index (χ2n) is 6.40. The van der Waals surface area contributed by atoms with Crippen molar-refractivity contribution >= 4 is 10.0 Å². The van der Waals surface area contributed by atoms with E-state index in [4.69, 9.17) is 5.14 Å². The lowest BCUT2D eigenvalue weighted by Crippen LogP contribution is -2.31. The molecule has 0 aliphatic carbocycles. The number of hydrogen-bond acceptors (Lipinski definition) is 3. The molecule has 3 N–H and O–H groups in total. The summed E-state index contributed by atoms with van der Waals surface area (Å²) in [6, 6.07) is 6.91. The van der Waals surface area contributed by atoms with Gasteiger partial charge in [-0.05, 0) is 48.9 Å². The lowest BCUT2D eigenvalue weighted by Gasteiger charge is -2.27. The number of sulfonamides is 1. The van der Waals surface area contributed by atoms with Gasteiger partial charge in [-0.1, -0.05) is 39.8 Å². The quantitative estimate of drug-likeness (QED) is 0.813. The van der Waals surface area contributed by atoms with Crippen LogP contribution in [0.4, 0.5) is 0 Å². The van der Waals surface area contributed by atoms with E-state index in [1.54, 1.807) is 12.1 Å². The molecule has 4 nitrogen and oxygen atoms in total. The Morgan fingerprint density at radius 2 is 1.67 bits per heavy atom. The molecule has 0 aromatic heterocycles. The molecule has 21 heavy (non-hydrogen) atoms. The zero-order valence-corrected chi connectivity index (χ0v) is 14.4. The van der Waals surface area contributed by atoms with Crippen LogP contribution in [0, 0.1) is 17.8 Å². The molecular formula is C16H28N2O2S. The van der Waals surface area contributed by atoms with E-state index < -0.39 is 10.0 Å². The first-order chi connectivity index (χ1) is 9.62. The van der Waals surface area contributed by atoms with Crippen LogP contribution in [0.3, 0.4) is 0 Å². The largest absolute Gasteiger partial charge is 0.310 e. The minimum absolute atomic E-state index is 0.0895. The molecule has 0 radical (unpaired) electrons. The molecule has 1 rings (SSSR count). The summed E-state index contributed by atoms with van der Waals surface area (Å²) >= 11 is 0. The van der Waals surface area contributed by atoms with Gasteiger partial charge in [-0.3, -0.25) is 0 Å². The molecule has 0 fully saturated rings. The predicted octanol–water partition coefficient (Wildman–Crippen LogP) is 2.91. The molecule has 0 aliphatic rings. The number of benzene rings is 1. The van der Waals surface area contributed by atoms with Crippen LogP contribution in [-0.2, 0) is 10.0 Å². The summed E-state index contributed by atoms with van der Waals surface area (Å²) in [6.07, 6.45) is 0. The van der Waals surface area contributed by atoms with Crippen LogP contribution in [0.2, 0.25) is 0 Å². The Morgan fingerprint density at radius 3 is 2.14 bits per heavy atom. The molecule has 0 spiro atoms. The summed E-state index contributed by atoms with van der Waals surface area (Å²) in [5, 5.41) is 8.68. The van der Waals surface area contributed by atoms with Gasteiger partial charge >= 0.3 is 0 Å². The fourth-order valence-electron chi connectivity index (χ4n) is 2.63. The number of rotatable bonds is 7. The third-order valence-corrected chi connectivity index (χ3v) is 4.97. The van der Waals surface area contributed by atoms with Crippen molar-refractivity contribution in [2.24, 2.45) is 22.9 Å². The predicted molar refractivity (Wildman–Crippen MR) is 87.4 cm³/mol. The third-order valence-electron chi connectivity index (χ3n) is 4.06. The van der Waals surface area contributed by atoms with Crippen LogP contribution in [0.1, 0.15) is 46.2 Å². The first-order valence-corrected chi connectivity index (χ1v) is 9.03. The maximum absolute atomic E-state index is 11.4. The average molecular weight is 312 g/mol. The van der Waals surface area contributed by atoms with Gasteiger partial charge in [-0.2, -0.15) is 0 Å². The maximum atomic E-state index is 11.4. The van der Waals surface area contributed by atoms with E-state index in [0.717, 1.165) is 12.1 Å². The van der Waals surface area contributed by atoms with Crippen molar-refractivity contribution < 1.29 is 8.42 Å². The highest BCUT2D eigenvalue weighted by Gasteiger charge is 2.18. The van der Waals surface area contributed by atoms with Crippen LogP contribution >= 0.6 is 0 Å². The van der Waals surface area contributed by atoms with E-state index in [-0.39, 0.29) is 10.9 Å². The number of hydrogen-bond donors (Lipinski definition) is 2. The molecule has 1 atom stereocenters. The summed E-state index contributed by atoms with van der Waals surface area (Å²) < 4.78 is 22.8. The van der Waals surface area contributed by atoms with Crippen LogP contribution in [-0.4, -0.2) is 15.0 Å². The van der Waals surface area contributed by atoms with Crippen molar-refractivity contribution in [3.05, 3.63) is 29.8 Å². The lowest BCUT2D eigenvalue weighted by atomic mass is 9.85. The Labute approximate surface area is 129 Å². The van der Waals surface area contributed by atoms with Crippen molar-refractivity contribution in [1.29, 1.82) is 0 Å². The van der Waals surface area contributed by atoms with Gasteiger partial charge in [0.05, 0.1) is 4.90 Å². The Hall–Kier alpha value is -0.910.